The number of benzene rings is 1. The molecule has 0 amide bonds. The van der Waals surface area contributed by atoms with E-state index in [4.69, 9.17) is 5.11 Å². The van der Waals surface area contributed by atoms with Crippen LogP contribution < -0.4 is 0 Å². The molecule has 0 aromatic heterocycles. The average Bonchev–Trinajstić information content (AvgIpc) is 2.74. The molecule has 3 nitrogen and oxygen atoms in total. The van der Waals surface area contributed by atoms with Gasteiger partial charge in [-0.05, 0) is 43.5 Å². The molecule has 92 valence electrons. The van der Waals surface area contributed by atoms with Crippen LogP contribution in [0.3, 0.4) is 0 Å². The fourth-order valence-electron chi connectivity index (χ4n) is 2.41. The van der Waals surface area contributed by atoms with Gasteiger partial charge in [-0.15, -0.1) is 0 Å². The maximum atomic E-state index is 10.5. The van der Waals surface area contributed by atoms with Crippen molar-refractivity contribution in [1.82, 2.24) is 4.90 Å². The van der Waals surface area contributed by atoms with Crippen molar-refractivity contribution < 1.29 is 9.90 Å². The van der Waals surface area contributed by atoms with Crippen LogP contribution in [0.1, 0.15) is 29.9 Å². The third kappa shape index (κ3) is 3.30. The highest BCUT2D eigenvalue weighted by Crippen LogP contribution is 2.26. The molecule has 1 fully saturated rings. The third-order valence-electron chi connectivity index (χ3n) is 3.47. The van der Waals surface area contributed by atoms with Crippen LogP contribution >= 0.6 is 0 Å². The Morgan fingerprint density at radius 2 is 2.12 bits per heavy atom. The molecule has 1 N–H and O–H groups in total. The molecule has 0 bridgehead atoms. The molecule has 3 heteroatoms. The molecule has 2 rings (SSSR count). The van der Waals surface area contributed by atoms with Gasteiger partial charge < -0.3 is 10.0 Å². The Morgan fingerprint density at radius 1 is 1.41 bits per heavy atom. The summed E-state index contributed by atoms with van der Waals surface area (Å²) in [5.41, 5.74) is 2.50. The first-order chi connectivity index (χ1) is 8.15. The van der Waals surface area contributed by atoms with Crippen molar-refractivity contribution in [3.8, 4) is 0 Å². The molecular formula is C14H19NO2. The topological polar surface area (TPSA) is 40.5 Å². The van der Waals surface area contributed by atoms with Crippen LogP contribution in [-0.2, 0) is 11.2 Å². The largest absolute Gasteiger partial charge is 0.481 e. The first kappa shape index (κ1) is 12.1. The first-order valence-corrected chi connectivity index (χ1v) is 6.14. The molecular weight excluding hydrogens is 214 g/mol. The highest BCUT2D eigenvalue weighted by Gasteiger charge is 2.20. The van der Waals surface area contributed by atoms with Crippen LogP contribution in [0.5, 0.6) is 0 Å². The van der Waals surface area contributed by atoms with Gasteiger partial charge in [0, 0.05) is 13.0 Å². The zero-order valence-corrected chi connectivity index (χ0v) is 10.2. The minimum absolute atomic E-state index is 0.214. The summed E-state index contributed by atoms with van der Waals surface area (Å²) < 4.78 is 0. The van der Waals surface area contributed by atoms with Crippen LogP contribution in [0.25, 0.3) is 0 Å². The molecule has 1 atom stereocenters. The van der Waals surface area contributed by atoms with Gasteiger partial charge in [-0.1, -0.05) is 24.3 Å². The standard InChI is InChI=1S/C14H19NO2/c1-15-9-8-13(10-15)12-5-2-11(3-6-12)4-7-14(16)17/h2-3,5-6,13H,4,7-10H2,1H3,(H,16,17). The highest BCUT2D eigenvalue weighted by atomic mass is 16.4. The predicted octanol–water partition coefficient (Wildman–Crippen LogP) is 2.12. The Labute approximate surface area is 102 Å². The van der Waals surface area contributed by atoms with E-state index in [0.717, 1.165) is 12.1 Å². The molecule has 0 spiro atoms. The molecule has 0 saturated carbocycles. The van der Waals surface area contributed by atoms with Crippen molar-refractivity contribution in [2.45, 2.75) is 25.2 Å². The Morgan fingerprint density at radius 3 is 2.65 bits per heavy atom. The summed E-state index contributed by atoms with van der Waals surface area (Å²) >= 11 is 0. The van der Waals surface area contributed by atoms with E-state index in [2.05, 4.69) is 36.2 Å². The second kappa shape index (κ2) is 5.32. The monoisotopic (exact) mass is 233 g/mol. The number of aliphatic carboxylic acids is 1. The van der Waals surface area contributed by atoms with Gasteiger partial charge in [0.05, 0.1) is 0 Å². The fourth-order valence-corrected chi connectivity index (χ4v) is 2.41. The predicted molar refractivity (Wildman–Crippen MR) is 67.3 cm³/mol. The van der Waals surface area contributed by atoms with Crippen molar-refractivity contribution in [1.29, 1.82) is 0 Å². The zero-order chi connectivity index (χ0) is 12.3. The molecule has 0 radical (unpaired) electrons. The molecule has 1 heterocycles. The van der Waals surface area contributed by atoms with Crippen molar-refractivity contribution in [2.75, 3.05) is 20.1 Å². The number of likely N-dealkylation sites (tertiary alicyclic amines) is 1. The Balaban J connectivity index is 1.95. The Hall–Kier alpha value is -1.35. The number of rotatable bonds is 4. The van der Waals surface area contributed by atoms with Gasteiger partial charge in [-0.3, -0.25) is 4.79 Å². The van der Waals surface area contributed by atoms with E-state index in [0.29, 0.717) is 12.3 Å². The van der Waals surface area contributed by atoms with E-state index < -0.39 is 5.97 Å². The summed E-state index contributed by atoms with van der Waals surface area (Å²) in [5.74, 6) is -0.0833. The van der Waals surface area contributed by atoms with Crippen molar-refractivity contribution in [3.63, 3.8) is 0 Å². The summed E-state index contributed by atoms with van der Waals surface area (Å²) in [7, 11) is 2.15. The van der Waals surface area contributed by atoms with Gasteiger partial charge in [-0.2, -0.15) is 0 Å². The maximum Gasteiger partial charge on any atom is 0.303 e. The van der Waals surface area contributed by atoms with Crippen molar-refractivity contribution >= 4 is 5.97 Å². The number of hydrogen-bond acceptors (Lipinski definition) is 2. The number of hydrogen-bond donors (Lipinski definition) is 1. The smallest absolute Gasteiger partial charge is 0.303 e. The number of aryl methyl sites for hydroxylation is 1. The SMILES string of the molecule is CN1CCC(c2ccc(CCC(=O)O)cc2)C1. The van der Waals surface area contributed by atoms with Crippen LogP contribution in [0, 0.1) is 0 Å². The molecule has 1 aliphatic rings. The number of nitrogens with zero attached hydrogens (tertiary/aromatic N) is 1. The van der Waals surface area contributed by atoms with E-state index in [1.54, 1.807) is 0 Å². The number of likely N-dealkylation sites (N-methyl/N-ethyl adjacent to an activating group) is 1. The molecule has 17 heavy (non-hydrogen) atoms. The number of carboxylic acids is 1. The molecule has 1 saturated heterocycles. The lowest BCUT2D eigenvalue weighted by Gasteiger charge is -2.11. The van der Waals surface area contributed by atoms with E-state index in [1.807, 2.05) is 0 Å². The van der Waals surface area contributed by atoms with Gasteiger partial charge in [0.15, 0.2) is 0 Å². The molecule has 1 aromatic carbocycles. The van der Waals surface area contributed by atoms with Gasteiger partial charge in [-0.25, -0.2) is 0 Å². The van der Waals surface area contributed by atoms with Gasteiger partial charge in [0.2, 0.25) is 0 Å². The maximum absolute atomic E-state index is 10.5. The summed E-state index contributed by atoms with van der Waals surface area (Å²) in [6, 6.07) is 8.44. The van der Waals surface area contributed by atoms with Crippen molar-refractivity contribution in [3.05, 3.63) is 35.4 Å². The molecule has 0 aliphatic carbocycles. The van der Waals surface area contributed by atoms with Gasteiger partial charge >= 0.3 is 5.97 Å². The lowest BCUT2D eigenvalue weighted by Crippen LogP contribution is -2.13. The van der Waals surface area contributed by atoms with E-state index in [9.17, 15) is 4.79 Å². The first-order valence-electron chi connectivity index (χ1n) is 6.14. The lowest BCUT2D eigenvalue weighted by atomic mass is 9.96. The second-order valence-corrected chi connectivity index (χ2v) is 4.88. The zero-order valence-electron chi connectivity index (χ0n) is 10.2. The summed E-state index contributed by atoms with van der Waals surface area (Å²) in [6.45, 7) is 2.31. The van der Waals surface area contributed by atoms with Gasteiger partial charge in [0.1, 0.15) is 0 Å². The Kier molecular flexibility index (Phi) is 3.79. The quantitative estimate of drug-likeness (QED) is 0.866. The van der Waals surface area contributed by atoms with Crippen LogP contribution in [0.15, 0.2) is 24.3 Å². The molecule has 1 aromatic rings. The highest BCUT2D eigenvalue weighted by molar-refractivity contribution is 5.67. The summed E-state index contributed by atoms with van der Waals surface area (Å²) in [4.78, 5) is 12.8. The van der Waals surface area contributed by atoms with Crippen LogP contribution in [0.4, 0.5) is 0 Å². The number of carbonyl (C=O) groups is 1. The summed E-state index contributed by atoms with van der Waals surface area (Å²) in [5, 5.41) is 8.63. The van der Waals surface area contributed by atoms with Crippen molar-refractivity contribution in [2.24, 2.45) is 0 Å². The molecule has 1 aliphatic heterocycles. The van der Waals surface area contributed by atoms with Gasteiger partial charge in [0.25, 0.3) is 0 Å². The van der Waals surface area contributed by atoms with E-state index in [-0.39, 0.29) is 6.42 Å². The molecule has 1 unspecified atom stereocenters. The van der Waals surface area contributed by atoms with E-state index >= 15 is 0 Å². The number of carboxylic acid groups (broad SMARTS) is 1. The fraction of sp³-hybridized carbons (Fsp3) is 0.500. The minimum Gasteiger partial charge on any atom is -0.481 e. The van der Waals surface area contributed by atoms with E-state index in [1.165, 1.54) is 18.5 Å². The normalized spacial score (nSPS) is 20.6. The second-order valence-electron chi connectivity index (χ2n) is 4.88. The third-order valence-corrected chi connectivity index (χ3v) is 3.47. The summed E-state index contributed by atoms with van der Waals surface area (Å²) in [6.07, 6.45) is 2.07. The lowest BCUT2D eigenvalue weighted by molar-refractivity contribution is -0.136. The average molecular weight is 233 g/mol. The Bertz CT molecular complexity index is 386. The minimum atomic E-state index is -0.730. The van der Waals surface area contributed by atoms with Crippen LogP contribution in [0.2, 0.25) is 0 Å². The van der Waals surface area contributed by atoms with Crippen LogP contribution in [-0.4, -0.2) is 36.1 Å².